The lowest BCUT2D eigenvalue weighted by Crippen LogP contribution is -2.51. The van der Waals surface area contributed by atoms with Gasteiger partial charge in [0.2, 0.25) is 5.91 Å². The van der Waals surface area contributed by atoms with Gasteiger partial charge in [-0.1, -0.05) is 57.7 Å². The molecule has 0 aliphatic carbocycles. The molecular weight excluding hydrogens is 402 g/mol. The van der Waals surface area contributed by atoms with Crippen molar-refractivity contribution in [3.63, 3.8) is 0 Å². The topological polar surface area (TPSA) is 74.4 Å². The number of nitrogens with one attached hydrogen (secondary N) is 2. The molecule has 0 fully saturated rings. The molecule has 6 heteroatoms. The molecule has 2 N–H and O–H groups in total. The van der Waals surface area contributed by atoms with Gasteiger partial charge in [-0.2, -0.15) is 0 Å². The summed E-state index contributed by atoms with van der Waals surface area (Å²) in [6.07, 6.45) is 8.12. The highest BCUT2D eigenvalue weighted by Gasteiger charge is 2.29. The number of ether oxygens (including phenoxy) is 1. The number of H-pyrrole nitrogens is 1. The number of hydrogen-bond acceptors (Lipinski definition) is 3. The van der Waals surface area contributed by atoms with Crippen molar-refractivity contribution in [2.24, 2.45) is 0 Å². The lowest BCUT2D eigenvalue weighted by Gasteiger charge is -2.29. The zero-order chi connectivity index (χ0) is 23.6. The number of nitrogens with zero attached hydrogens (tertiary/aromatic N) is 1. The van der Waals surface area contributed by atoms with Crippen molar-refractivity contribution in [1.29, 1.82) is 0 Å². The molecule has 0 bridgehead atoms. The first-order valence-electron chi connectivity index (χ1n) is 12.1. The first kappa shape index (κ1) is 25.8. The molecule has 6 nitrogen and oxygen atoms in total. The number of carbonyl (C=O) groups is 2. The molecule has 1 heterocycles. The molecule has 0 spiro atoms. The highest BCUT2D eigenvalue weighted by molar-refractivity contribution is 5.88. The third-order valence-corrected chi connectivity index (χ3v) is 5.46. The Morgan fingerprint density at radius 3 is 2.25 bits per heavy atom. The minimum Gasteiger partial charge on any atom is -0.444 e. The average molecular weight is 444 g/mol. The highest BCUT2D eigenvalue weighted by Crippen LogP contribution is 2.20. The Kier molecular flexibility index (Phi) is 10.1. The van der Waals surface area contributed by atoms with E-state index in [1.54, 1.807) is 0 Å². The Labute approximate surface area is 193 Å². The number of fused-ring (bicyclic) bond motifs is 1. The summed E-state index contributed by atoms with van der Waals surface area (Å²) in [6, 6.07) is 7.34. The van der Waals surface area contributed by atoms with Crippen molar-refractivity contribution in [3.05, 3.63) is 36.0 Å². The number of unbranched alkanes of at least 4 members (excludes halogenated alkanes) is 4. The van der Waals surface area contributed by atoms with Crippen LogP contribution in [0, 0.1) is 0 Å². The maximum atomic E-state index is 13.6. The second-order valence-corrected chi connectivity index (χ2v) is 9.50. The van der Waals surface area contributed by atoms with E-state index in [1.165, 1.54) is 0 Å². The zero-order valence-electron chi connectivity index (χ0n) is 20.5. The molecule has 1 aromatic carbocycles. The van der Waals surface area contributed by atoms with Gasteiger partial charge < -0.3 is 19.9 Å². The first-order chi connectivity index (χ1) is 15.2. The monoisotopic (exact) mass is 443 g/mol. The lowest BCUT2D eigenvalue weighted by molar-refractivity contribution is -0.133. The quantitative estimate of drug-likeness (QED) is 0.406. The summed E-state index contributed by atoms with van der Waals surface area (Å²) < 4.78 is 5.47. The van der Waals surface area contributed by atoms with Gasteiger partial charge in [0.1, 0.15) is 11.6 Å². The number of para-hydroxylation sites is 1. The van der Waals surface area contributed by atoms with Crippen LogP contribution < -0.4 is 5.32 Å². The van der Waals surface area contributed by atoms with Gasteiger partial charge in [0.05, 0.1) is 0 Å². The number of carbonyl (C=O) groups excluding carboxylic acids is 2. The van der Waals surface area contributed by atoms with Crippen LogP contribution in [-0.2, 0) is 16.0 Å². The Morgan fingerprint density at radius 1 is 1.03 bits per heavy atom. The minimum absolute atomic E-state index is 0.0339. The summed E-state index contributed by atoms with van der Waals surface area (Å²) in [7, 11) is 0. The van der Waals surface area contributed by atoms with E-state index in [-0.39, 0.29) is 5.91 Å². The van der Waals surface area contributed by atoms with E-state index in [9.17, 15) is 9.59 Å². The summed E-state index contributed by atoms with van der Waals surface area (Å²) in [5.41, 5.74) is 1.41. The number of rotatable bonds is 12. The number of aromatic amines is 1. The normalized spacial score (nSPS) is 12.5. The highest BCUT2D eigenvalue weighted by atomic mass is 16.6. The van der Waals surface area contributed by atoms with Crippen LogP contribution in [0.4, 0.5) is 4.79 Å². The Hall–Kier alpha value is -2.50. The van der Waals surface area contributed by atoms with Crippen LogP contribution in [0.3, 0.4) is 0 Å². The molecule has 2 aromatic rings. The molecule has 0 saturated carbocycles. The molecule has 0 aliphatic heterocycles. The predicted octanol–water partition coefficient (Wildman–Crippen LogP) is 5.81. The van der Waals surface area contributed by atoms with E-state index < -0.39 is 17.7 Å². The maximum absolute atomic E-state index is 13.6. The van der Waals surface area contributed by atoms with Gasteiger partial charge in [0.15, 0.2) is 0 Å². The first-order valence-corrected chi connectivity index (χ1v) is 12.1. The summed E-state index contributed by atoms with van der Waals surface area (Å²) in [6.45, 7) is 11.2. The SMILES string of the molecule is CCCCCN(CCCCC)C(=O)[C@@H](Cc1c[nH]c2ccccc12)NC(=O)OC(C)(C)C. The molecule has 1 atom stereocenters. The van der Waals surface area contributed by atoms with Crippen LogP contribution in [0.1, 0.15) is 78.7 Å². The summed E-state index contributed by atoms with van der Waals surface area (Å²) in [4.78, 5) is 31.4. The van der Waals surface area contributed by atoms with Crippen molar-refractivity contribution >= 4 is 22.9 Å². The second kappa shape index (κ2) is 12.5. The summed E-state index contributed by atoms with van der Waals surface area (Å²) >= 11 is 0. The predicted molar refractivity (Wildman–Crippen MR) is 131 cm³/mol. The van der Waals surface area contributed by atoms with Crippen LogP contribution >= 0.6 is 0 Å². The third kappa shape index (κ3) is 8.21. The van der Waals surface area contributed by atoms with Gasteiger partial charge in [0, 0.05) is 36.6 Å². The van der Waals surface area contributed by atoms with E-state index in [4.69, 9.17) is 4.74 Å². The van der Waals surface area contributed by atoms with Gasteiger partial charge in [-0.05, 0) is 45.2 Å². The Morgan fingerprint density at radius 2 is 1.66 bits per heavy atom. The van der Waals surface area contributed by atoms with Crippen LogP contribution in [-0.4, -0.2) is 46.6 Å². The fraction of sp³-hybridized carbons (Fsp3) is 0.615. The molecule has 0 unspecified atom stereocenters. The van der Waals surface area contributed by atoms with Gasteiger partial charge >= 0.3 is 6.09 Å². The molecule has 0 saturated heterocycles. The number of aromatic nitrogens is 1. The van der Waals surface area contributed by atoms with Crippen LogP contribution in [0.2, 0.25) is 0 Å². The van der Waals surface area contributed by atoms with Crippen molar-refractivity contribution in [2.45, 2.75) is 91.2 Å². The molecule has 1 aromatic heterocycles. The fourth-order valence-corrected chi connectivity index (χ4v) is 3.83. The number of alkyl carbamates (subject to hydrolysis) is 1. The molecule has 32 heavy (non-hydrogen) atoms. The number of hydrogen-bond donors (Lipinski definition) is 2. The van der Waals surface area contributed by atoms with Crippen LogP contribution in [0.15, 0.2) is 30.5 Å². The summed E-state index contributed by atoms with van der Waals surface area (Å²) in [5, 5.41) is 3.94. The molecule has 0 aliphatic rings. The molecular formula is C26H41N3O3. The van der Waals surface area contributed by atoms with Gasteiger partial charge in [0.25, 0.3) is 0 Å². The average Bonchev–Trinajstić information content (AvgIpc) is 3.13. The number of benzene rings is 1. The summed E-state index contributed by atoms with van der Waals surface area (Å²) in [5.74, 6) is -0.0339. The van der Waals surface area contributed by atoms with Gasteiger partial charge in [-0.15, -0.1) is 0 Å². The van der Waals surface area contributed by atoms with Crippen molar-refractivity contribution < 1.29 is 14.3 Å². The van der Waals surface area contributed by atoms with Crippen molar-refractivity contribution in [1.82, 2.24) is 15.2 Å². The molecule has 2 amide bonds. The van der Waals surface area contributed by atoms with E-state index in [0.717, 1.165) is 68.1 Å². The fourth-order valence-electron chi connectivity index (χ4n) is 3.83. The van der Waals surface area contributed by atoms with Crippen LogP contribution in [0.25, 0.3) is 10.9 Å². The lowest BCUT2D eigenvalue weighted by atomic mass is 10.0. The van der Waals surface area contributed by atoms with Gasteiger partial charge in [-0.3, -0.25) is 4.79 Å². The van der Waals surface area contributed by atoms with E-state index in [2.05, 4.69) is 24.1 Å². The Balaban J connectivity index is 2.24. The smallest absolute Gasteiger partial charge is 0.408 e. The zero-order valence-corrected chi connectivity index (χ0v) is 20.5. The van der Waals surface area contributed by atoms with Crippen molar-refractivity contribution in [3.8, 4) is 0 Å². The van der Waals surface area contributed by atoms with Crippen LogP contribution in [0.5, 0.6) is 0 Å². The maximum Gasteiger partial charge on any atom is 0.408 e. The third-order valence-electron chi connectivity index (χ3n) is 5.46. The largest absolute Gasteiger partial charge is 0.444 e. The second-order valence-electron chi connectivity index (χ2n) is 9.50. The van der Waals surface area contributed by atoms with Crippen molar-refractivity contribution in [2.75, 3.05) is 13.1 Å². The molecule has 2 rings (SSSR count). The molecule has 0 radical (unpaired) electrons. The standard InChI is InChI=1S/C26H41N3O3/c1-6-8-12-16-29(17-13-9-7-2)24(30)23(28-25(31)32-26(3,4)5)18-20-19-27-22-15-11-10-14-21(20)22/h10-11,14-15,19,23,27H,6-9,12-13,16-18H2,1-5H3,(H,28,31)/t23-/m1/s1. The van der Waals surface area contributed by atoms with Gasteiger partial charge in [-0.25, -0.2) is 4.79 Å². The van der Waals surface area contributed by atoms with E-state index in [1.807, 2.05) is 56.1 Å². The van der Waals surface area contributed by atoms with E-state index >= 15 is 0 Å². The van der Waals surface area contributed by atoms with E-state index in [0.29, 0.717) is 6.42 Å². The molecule has 178 valence electrons. The minimum atomic E-state index is -0.674. The number of amides is 2. The Bertz CT molecular complexity index is 843.